The highest BCUT2D eigenvalue weighted by atomic mass is 32.2. The first-order valence-electron chi connectivity index (χ1n) is 6.73. The molecule has 0 aromatic heterocycles. The number of benzene rings is 1. The Labute approximate surface area is 115 Å². The van der Waals surface area contributed by atoms with Crippen molar-refractivity contribution in [3.63, 3.8) is 0 Å². The van der Waals surface area contributed by atoms with Crippen LogP contribution in [-0.2, 0) is 10.8 Å². The Morgan fingerprint density at radius 3 is 2.53 bits per heavy atom. The predicted octanol–water partition coefficient (Wildman–Crippen LogP) is 3.30. The molecule has 2 rings (SSSR count). The lowest BCUT2D eigenvalue weighted by Gasteiger charge is -2.20. The van der Waals surface area contributed by atoms with Gasteiger partial charge in [0.25, 0.3) is 0 Å². The summed E-state index contributed by atoms with van der Waals surface area (Å²) in [6.45, 7) is 4.71. The second-order valence-electron chi connectivity index (χ2n) is 4.83. The average molecular weight is 287 g/mol. The summed E-state index contributed by atoms with van der Waals surface area (Å²) in [4.78, 5) is 0.0621. The summed E-state index contributed by atoms with van der Waals surface area (Å²) in [6.07, 6.45) is 2.44. The van der Waals surface area contributed by atoms with Crippen LogP contribution in [0.15, 0.2) is 17.0 Å². The summed E-state index contributed by atoms with van der Waals surface area (Å²) in [5.41, 5.74) is 0.269. The van der Waals surface area contributed by atoms with E-state index in [1.165, 1.54) is 0 Å². The minimum Gasteiger partial charge on any atom is -0.309 e. The van der Waals surface area contributed by atoms with E-state index in [1.807, 2.05) is 13.8 Å². The minimum atomic E-state index is -1.47. The van der Waals surface area contributed by atoms with Crippen molar-refractivity contribution < 1.29 is 13.0 Å². The monoisotopic (exact) mass is 287 g/mol. The third-order valence-corrected chi connectivity index (χ3v) is 5.32. The molecule has 106 valence electrons. The van der Waals surface area contributed by atoms with Crippen LogP contribution in [0.2, 0.25) is 0 Å². The van der Waals surface area contributed by atoms with Crippen LogP contribution in [0, 0.1) is 11.6 Å². The van der Waals surface area contributed by atoms with Gasteiger partial charge in [0.15, 0.2) is 0 Å². The fourth-order valence-electron chi connectivity index (χ4n) is 2.60. The molecule has 1 aromatic rings. The molecule has 19 heavy (non-hydrogen) atoms. The lowest BCUT2D eigenvalue weighted by atomic mass is 10.00. The van der Waals surface area contributed by atoms with E-state index in [0.29, 0.717) is 13.0 Å². The summed E-state index contributed by atoms with van der Waals surface area (Å²) < 4.78 is 40.2. The zero-order chi connectivity index (χ0) is 14.0. The summed E-state index contributed by atoms with van der Waals surface area (Å²) in [7, 11) is -1.47. The van der Waals surface area contributed by atoms with Crippen molar-refractivity contribution in [2.75, 3.05) is 6.54 Å². The fourth-order valence-corrected chi connectivity index (χ4v) is 4.53. The molecule has 1 N–H and O–H groups in total. The molecular formula is C14H19F2NOS. The van der Waals surface area contributed by atoms with Gasteiger partial charge in [-0.3, -0.25) is 4.21 Å². The van der Waals surface area contributed by atoms with Gasteiger partial charge in [0.1, 0.15) is 11.6 Å². The van der Waals surface area contributed by atoms with Gasteiger partial charge >= 0.3 is 0 Å². The van der Waals surface area contributed by atoms with E-state index in [1.54, 1.807) is 0 Å². The Morgan fingerprint density at radius 2 is 1.89 bits per heavy atom. The van der Waals surface area contributed by atoms with E-state index < -0.39 is 22.4 Å². The first kappa shape index (κ1) is 14.6. The van der Waals surface area contributed by atoms with Gasteiger partial charge in [0, 0.05) is 5.56 Å². The third kappa shape index (κ3) is 2.58. The Morgan fingerprint density at radius 1 is 1.21 bits per heavy atom. The van der Waals surface area contributed by atoms with Crippen LogP contribution in [0.3, 0.4) is 0 Å². The van der Waals surface area contributed by atoms with Crippen LogP contribution in [-0.4, -0.2) is 16.0 Å². The molecule has 1 aliphatic rings. The first-order chi connectivity index (χ1) is 9.11. The average Bonchev–Trinajstić information content (AvgIpc) is 2.67. The summed E-state index contributed by atoms with van der Waals surface area (Å²) in [5.74, 6) is -1.02. The van der Waals surface area contributed by atoms with Crippen molar-refractivity contribution in [2.45, 2.75) is 49.3 Å². The van der Waals surface area contributed by atoms with Gasteiger partial charge in [-0.1, -0.05) is 20.3 Å². The highest BCUT2D eigenvalue weighted by molar-refractivity contribution is 7.86. The zero-order valence-electron chi connectivity index (χ0n) is 11.2. The standard InChI is InChI=1S/C14H19F2NOS/c1-3-5-11-13(17-8-4-2)12-9(15)6-7-10(16)14(12)19(11)18/h6-7,11,13,17H,3-5,8H2,1-2H3. The van der Waals surface area contributed by atoms with Crippen LogP contribution in [0.4, 0.5) is 8.78 Å². The maximum absolute atomic E-state index is 14.0. The van der Waals surface area contributed by atoms with Gasteiger partial charge in [-0.25, -0.2) is 8.78 Å². The van der Waals surface area contributed by atoms with Crippen molar-refractivity contribution in [1.29, 1.82) is 0 Å². The molecular weight excluding hydrogens is 268 g/mol. The van der Waals surface area contributed by atoms with E-state index in [2.05, 4.69) is 5.32 Å². The van der Waals surface area contributed by atoms with Crippen molar-refractivity contribution >= 4 is 10.8 Å². The number of rotatable bonds is 5. The van der Waals surface area contributed by atoms with Gasteiger partial charge < -0.3 is 5.32 Å². The Bertz CT molecular complexity index is 493. The molecule has 0 radical (unpaired) electrons. The Hall–Kier alpha value is -0.810. The molecule has 1 aromatic carbocycles. The van der Waals surface area contributed by atoms with Gasteiger partial charge in [-0.05, 0) is 31.5 Å². The Balaban J connectivity index is 2.46. The maximum Gasteiger partial charge on any atom is 0.139 e. The van der Waals surface area contributed by atoms with Gasteiger partial charge in [0.05, 0.1) is 27.0 Å². The largest absolute Gasteiger partial charge is 0.309 e. The van der Waals surface area contributed by atoms with Gasteiger partial charge in [-0.2, -0.15) is 0 Å². The molecule has 0 bridgehead atoms. The zero-order valence-corrected chi connectivity index (χ0v) is 12.0. The Kier molecular flexibility index (Phi) is 4.68. The maximum atomic E-state index is 14.0. The molecule has 0 saturated carbocycles. The van der Waals surface area contributed by atoms with Crippen molar-refractivity contribution in [1.82, 2.24) is 5.32 Å². The quantitative estimate of drug-likeness (QED) is 0.900. The van der Waals surface area contributed by atoms with E-state index in [4.69, 9.17) is 0 Å². The SMILES string of the molecule is CCCNC1c2c(F)ccc(F)c2S(=O)C1CCC. The molecule has 5 heteroatoms. The van der Waals surface area contributed by atoms with Crippen LogP contribution in [0.25, 0.3) is 0 Å². The van der Waals surface area contributed by atoms with Crippen molar-refractivity contribution in [3.8, 4) is 0 Å². The number of nitrogens with one attached hydrogen (secondary N) is 1. The topological polar surface area (TPSA) is 29.1 Å². The van der Waals surface area contributed by atoms with E-state index in [0.717, 1.165) is 25.0 Å². The third-order valence-electron chi connectivity index (χ3n) is 3.44. The molecule has 3 unspecified atom stereocenters. The lowest BCUT2D eigenvalue weighted by Crippen LogP contribution is -2.30. The molecule has 0 amide bonds. The second kappa shape index (κ2) is 6.09. The van der Waals surface area contributed by atoms with Crippen LogP contribution < -0.4 is 5.32 Å². The van der Waals surface area contributed by atoms with Gasteiger partial charge in [0.2, 0.25) is 0 Å². The van der Waals surface area contributed by atoms with Gasteiger partial charge in [-0.15, -0.1) is 0 Å². The van der Waals surface area contributed by atoms with Crippen LogP contribution in [0.5, 0.6) is 0 Å². The fraction of sp³-hybridized carbons (Fsp3) is 0.571. The molecule has 0 saturated heterocycles. The number of hydrogen-bond acceptors (Lipinski definition) is 2. The van der Waals surface area contributed by atoms with E-state index >= 15 is 0 Å². The molecule has 0 fully saturated rings. The van der Waals surface area contributed by atoms with Crippen LogP contribution in [0.1, 0.15) is 44.7 Å². The van der Waals surface area contributed by atoms with Crippen LogP contribution >= 0.6 is 0 Å². The molecule has 0 spiro atoms. The minimum absolute atomic E-state index is 0.0621. The molecule has 1 heterocycles. The van der Waals surface area contributed by atoms with E-state index in [9.17, 15) is 13.0 Å². The van der Waals surface area contributed by atoms with Crippen molar-refractivity contribution in [2.24, 2.45) is 0 Å². The normalized spacial score (nSPS) is 25.6. The summed E-state index contributed by atoms with van der Waals surface area (Å²) in [6, 6.07) is 1.85. The highest BCUT2D eigenvalue weighted by Gasteiger charge is 2.41. The predicted molar refractivity (Wildman–Crippen MR) is 72.5 cm³/mol. The smallest absolute Gasteiger partial charge is 0.139 e. The number of hydrogen-bond donors (Lipinski definition) is 1. The second-order valence-corrected chi connectivity index (χ2v) is 6.44. The molecule has 2 nitrogen and oxygen atoms in total. The summed E-state index contributed by atoms with van der Waals surface area (Å²) in [5, 5.41) is 2.98. The highest BCUT2D eigenvalue weighted by Crippen LogP contribution is 2.41. The molecule has 1 aliphatic heterocycles. The van der Waals surface area contributed by atoms with E-state index in [-0.39, 0.29) is 21.8 Å². The van der Waals surface area contributed by atoms with Crippen molar-refractivity contribution in [3.05, 3.63) is 29.3 Å². The molecule has 0 aliphatic carbocycles. The molecule has 3 atom stereocenters. The number of fused-ring (bicyclic) bond motifs is 1. The summed E-state index contributed by atoms with van der Waals surface area (Å²) >= 11 is 0. The number of halogens is 2. The lowest BCUT2D eigenvalue weighted by molar-refractivity contribution is 0.465. The first-order valence-corrected chi connectivity index (χ1v) is 7.94.